The Labute approximate surface area is 82.9 Å². The molecule has 1 aliphatic heterocycles. The Bertz CT molecular complexity index is 99.7. The maximum atomic E-state index is 5.71. The molecule has 0 bridgehead atoms. The number of hydrogen-bond acceptors (Lipinski definition) is 1. The molecule has 1 saturated heterocycles. The first-order valence-electron chi connectivity index (χ1n) is 6.01. The zero-order chi connectivity index (χ0) is 9.36. The Morgan fingerprint density at radius 3 is 2.00 bits per heavy atom. The van der Waals surface area contributed by atoms with E-state index in [1.165, 1.54) is 57.8 Å². The lowest BCUT2D eigenvalue weighted by atomic mass is 10.1. The molecule has 0 spiro atoms. The monoisotopic (exact) mass is 184 g/mol. The Morgan fingerprint density at radius 1 is 0.769 bits per heavy atom. The van der Waals surface area contributed by atoms with E-state index in [2.05, 4.69) is 6.92 Å². The molecular weight excluding hydrogens is 160 g/mol. The van der Waals surface area contributed by atoms with Crippen LogP contribution in [0, 0.1) is 0 Å². The lowest BCUT2D eigenvalue weighted by molar-refractivity contribution is 0.0551. The highest BCUT2D eigenvalue weighted by Crippen LogP contribution is 2.13. The van der Waals surface area contributed by atoms with Crippen LogP contribution in [0.2, 0.25) is 0 Å². The van der Waals surface area contributed by atoms with Crippen LogP contribution in [0.3, 0.4) is 0 Å². The predicted molar refractivity (Wildman–Crippen MR) is 57.0 cm³/mol. The van der Waals surface area contributed by atoms with Crippen molar-refractivity contribution in [3.8, 4) is 0 Å². The topological polar surface area (TPSA) is 9.23 Å². The van der Waals surface area contributed by atoms with Gasteiger partial charge in [-0.15, -0.1) is 0 Å². The van der Waals surface area contributed by atoms with Crippen molar-refractivity contribution >= 4 is 0 Å². The van der Waals surface area contributed by atoms with Gasteiger partial charge in [0.1, 0.15) is 0 Å². The van der Waals surface area contributed by atoms with E-state index < -0.39 is 0 Å². The fourth-order valence-electron chi connectivity index (χ4n) is 1.96. The quantitative estimate of drug-likeness (QED) is 0.554. The Hall–Kier alpha value is -0.0400. The smallest absolute Gasteiger partial charge is 0.0547 e. The molecular formula is C12H24O. The maximum Gasteiger partial charge on any atom is 0.0547 e. The summed E-state index contributed by atoms with van der Waals surface area (Å²) < 4.78 is 5.71. The van der Waals surface area contributed by atoms with E-state index in [1.54, 1.807) is 0 Å². The molecule has 13 heavy (non-hydrogen) atoms. The second kappa shape index (κ2) is 7.37. The van der Waals surface area contributed by atoms with Crippen LogP contribution in [0.5, 0.6) is 0 Å². The van der Waals surface area contributed by atoms with Crippen LogP contribution >= 0.6 is 0 Å². The van der Waals surface area contributed by atoms with E-state index in [0.29, 0.717) is 6.10 Å². The fraction of sp³-hybridized carbons (Fsp3) is 1.00. The highest BCUT2D eigenvalue weighted by Gasteiger charge is 2.02. The highest BCUT2D eigenvalue weighted by atomic mass is 16.5. The van der Waals surface area contributed by atoms with Gasteiger partial charge in [-0.05, 0) is 19.8 Å². The second-order valence-corrected chi connectivity index (χ2v) is 4.30. The standard InChI is InChI=1S/C12H24O/c1-12-10-8-6-4-2-3-5-7-9-11-13-12/h12H,2-11H2,1H3. The SMILES string of the molecule is CC1CCCCCCCCCCO1. The van der Waals surface area contributed by atoms with Crippen LogP contribution in [-0.4, -0.2) is 12.7 Å². The molecule has 0 saturated carbocycles. The molecule has 0 N–H and O–H groups in total. The molecule has 1 unspecified atom stereocenters. The van der Waals surface area contributed by atoms with Crippen LogP contribution < -0.4 is 0 Å². The van der Waals surface area contributed by atoms with E-state index >= 15 is 0 Å². The van der Waals surface area contributed by atoms with Crippen LogP contribution in [0.25, 0.3) is 0 Å². The summed E-state index contributed by atoms with van der Waals surface area (Å²) >= 11 is 0. The van der Waals surface area contributed by atoms with E-state index in [1.807, 2.05) is 0 Å². The van der Waals surface area contributed by atoms with Crippen molar-refractivity contribution in [2.24, 2.45) is 0 Å². The minimum Gasteiger partial charge on any atom is -0.379 e. The van der Waals surface area contributed by atoms with Gasteiger partial charge in [0.2, 0.25) is 0 Å². The molecule has 1 aliphatic rings. The van der Waals surface area contributed by atoms with E-state index in [9.17, 15) is 0 Å². The first kappa shape index (κ1) is 11.0. The van der Waals surface area contributed by atoms with Gasteiger partial charge >= 0.3 is 0 Å². The van der Waals surface area contributed by atoms with Gasteiger partial charge in [0.15, 0.2) is 0 Å². The zero-order valence-corrected chi connectivity index (χ0v) is 9.06. The Balaban J connectivity index is 2.11. The lowest BCUT2D eigenvalue weighted by Gasteiger charge is -2.13. The van der Waals surface area contributed by atoms with Crippen molar-refractivity contribution in [1.29, 1.82) is 0 Å². The minimum absolute atomic E-state index is 0.499. The molecule has 1 heteroatoms. The number of hydrogen-bond donors (Lipinski definition) is 0. The van der Waals surface area contributed by atoms with Crippen molar-refractivity contribution in [3.63, 3.8) is 0 Å². The van der Waals surface area contributed by atoms with Gasteiger partial charge in [0.25, 0.3) is 0 Å². The van der Waals surface area contributed by atoms with Gasteiger partial charge < -0.3 is 4.74 Å². The fourth-order valence-corrected chi connectivity index (χ4v) is 1.96. The number of rotatable bonds is 0. The minimum atomic E-state index is 0.499. The van der Waals surface area contributed by atoms with Gasteiger partial charge in [-0.2, -0.15) is 0 Å². The molecule has 0 aromatic carbocycles. The summed E-state index contributed by atoms with van der Waals surface area (Å²) in [5.41, 5.74) is 0. The molecule has 1 rings (SSSR count). The summed E-state index contributed by atoms with van der Waals surface area (Å²) in [4.78, 5) is 0. The Kier molecular flexibility index (Phi) is 6.26. The van der Waals surface area contributed by atoms with Gasteiger partial charge in [-0.25, -0.2) is 0 Å². The molecule has 0 radical (unpaired) electrons. The molecule has 1 atom stereocenters. The molecule has 0 aromatic rings. The van der Waals surface area contributed by atoms with Crippen LogP contribution in [0.15, 0.2) is 0 Å². The molecule has 78 valence electrons. The van der Waals surface area contributed by atoms with Gasteiger partial charge in [-0.3, -0.25) is 0 Å². The summed E-state index contributed by atoms with van der Waals surface area (Å²) in [7, 11) is 0. The van der Waals surface area contributed by atoms with Gasteiger partial charge in [-0.1, -0.05) is 44.9 Å². The maximum absolute atomic E-state index is 5.71. The van der Waals surface area contributed by atoms with E-state index in [0.717, 1.165) is 6.61 Å². The average molecular weight is 184 g/mol. The number of ether oxygens (including phenoxy) is 1. The van der Waals surface area contributed by atoms with Crippen LogP contribution in [-0.2, 0) is 4.74 Å². The van der Waals surface area contributed by atoms with Crippen LogP contribution in [0.4, 0.5) is 0 Å². The summed E-state index contributed by atoms with van der Waals surface area (Å²) in [5.74, 6) is 0. The summed E-state index contributed by atoms with van der Waals surface area (Å²) in [6, 6.07) is 0. The molecule has 0 aliphatic carbocycles. The summed E-state index contributed by atoms with van der Waals surface area (Å²) in [6.45, 7) is 3.20. The molecule has 1 fully saturated rings. The second-order valence-electron chi connectivity index (χ2n) is 4.30. The highest BCUT2D eigenvalue weighted by molar-refractivity contribution is 4.54. The predicted octanol–water partition coefficient (Wildman–Crippen LogP) is 3.92. The molecule has 1 nitrogen and oxygen atoms in total. The zero-order valence-electron chi connectivity index (χ0n) is 9.06. The van der Waals surface area contributed by atoms with E-state index in [4.69, 9.17) is 4.74 Å². The lowest BCUT2D eigenvalue weighted by Crippen LogP contribution is -2.09. The van der Waals surface area contributed by atoms with Crippen molar-refractivity contribution in [3.05, 3.63) is 0 Å². The van der Waals surface area contributed by atoms with Gasteiger partial charge in [0, 0.05) is 6.61 Å². The van der Waals surface area contributed by atoms with E-state index in [-0.39, 0.29) is 0 Å². The van der Waals surface area contributed by atoms with Gasteiger partial charge in [0.05, 0.1) is 6.10 Å². The van der Waals surface area contributed by atoms with Crippen LogP contribution in [0.1, 0.15) is 64.7 Å². The third-order valence-corrected chi connectivity index (χ3v) is 2.91. The molecule has 0 aromatic heterocycles. The normalized spacial score (nSPS) is 28.8. The molecule has 0 amide bonds. The summed E-state index contributed by atoms with van der Waals surface area (Å²) in [5, 5.41) is 0. The first-order valence-corrected chi connectivity index (χ1v) is 6.01. The third kappa shape index (κ3) is 6.09. The van der Waals surface area contributed by atoms with Crippen molar-refractivity contribution in [1.82, 2.24) is 0 Å². The summed E-state index contributed by atoms with van der Waals surface area (Å²) in [6.07, 6.45) is 12.9. The average Bonchev–Trinajstić information content (AvgIpc) is 2.11. The largest absolute Gasteiger partial charge is 0.379 e. The molecule has 1 heterocycles. The Morgan fingerprint density at radius 2 is 1.31 bits per heavy atom. The third-order valence-electron chi connectivity index (χ3n) is 2.91. The van der Waals surface area contributed by atoms with Crippen molar-refractivity contribution in [2.45, 2.75) is 70.8 Å². The first-order chi connectivity index (χ1) is 6.39. The van der Waals surface area contributed by atoms with Crippen molar-refractivity contribution < 1.29 is 4.74 Å². The van der Waals surface area contributed by atoms with Crippen molar-refractivity contribution in [2.75, 3.05) is 6.61 Å².